The molecule has 6 saturated carbocycles. The van der Waals surface area contributed by atoms with Crippen LogP contribution < -0.4 is 0 Å². The van der Waals surface area contributed by atoms with Gasteiger partial charge >= 0.3 is 17.9 Å². The number of epoxide rings is 1. The standard InChI is InChI=1S/C33H48O7/c1-6-32(4,15-33(5,14-31(2,3)28(34)35)30(37)40-23-13-38-23)29(36)39-22-11-18-10-19(22)27-21-12-20(26(18)27)24-16-7-8-17(9-16)25(21)24/h16-27H,6-15H2,1-5H3,(H,34,35). The Balaban J connectivity index is 1.07. The SMILES string of the molecule is CCC(C)(CC(C)(CC(C)(C)C(=O)O)C(=O)OC1CO1)C(=O)OC1CC2CC1C1C3CC(C4C5CCC(C5)C34)C21. The van der Waals surface area contributed by atoms with Crippen molar-refractivity contribution in [1.82, 2.24) is 0 Å². The number of rotatable bonds is 10. The van der Waals surface area contributed by atoms with Crippen molar-refractivity contribution in [2.45, 2.75) is 105 Å². The van der Waals surface area contributed by atoms with Crippen molar-refractivity contribution in [2.75, 3.05) is 6.61 Å². The van der Waals surface area contributed by atoms with E-state index in [0.29, 0.717) is 24.9 Å². The summed E-state index contributed by atoms with van der Waals surface area (Å²) in [5.41, 5.74) is -3.24. The molecule has 1 aliphatic heterocycles. The number of carbonyl (C=O) groups is 3. The molecule has 7 rings (SSSR count). The van der Waals surface area contributed by atoms with Gasteiger partial charge in [-0.15, -0.1) is 0 Å². The maximum atomic E-state index is 14.0. The molecule has 7 nitrogen and oxygen atoms in total. The van der Waals surface area contributed by atoms with Crippen LogP contribution in [0.2, 0.25) is 0 Å². The Bertz CT molecular complexity index is 1100. The smallest absolute Gasteiger partial charge is 0.314 e. The van der Waals surface area contributed by atoms with Crippen LogP contribution in [0, 0.1) is 75.4 Å². The van der Waals surface area contributed by atoms with E-state index in [2.05, 4.69) is 0 Å². The first-order valence-electron chi connectivity index (χ1n) is 16.1. The van der Waals surface area contributed by atoms with Gasteiger partial charge in [0, 0.05) is 0 Å². The molecule has 7 fully saturated rings. The summed E-state index contributed by atoms with van der Waals surface area (Å²) in [7, 11) is 0. The van der Waals surface area contributed by atoms with Gasteiger partial charge in [-0.25, -0.2) is 0 Å². The largest absolute Gasteiger partial charge is 0.481 e. The average molecular weight is 557 g/mol. The van der Waals surface area contributed by atoms with Crippen LogP contribution in [0.3, 0.4) is 0 Å². The summed E-state index contributed by atoms with van der Waals surface area (Å²) in [5, 5.41) is 9.84. The molecule has 222 valence electrons. The van der Waals surface area contributed by atoms with Crippen LogP contribution in [-0.2, 0) is 28.6 Å². The Kier molecular flexibility index (Phi) is 6.08. The lowest BCUT2D eigenvalue weighted by molar-refractivity contribution is -0.175. The Morgan fingerprint density at radius 1 is 0.750 bits per heavy atom. The summed E-state index contributed by atoms with van der Waals surface area (Å²) in [6.45, 7) is 9.19. The van der Waals surface area contributed by atoms with Gasteiger partial charge in [0.1, 0.15) is 12.7 Å². The first kappa shape index (κ1) is 27.2. The summed E-state index contributed by atoms with van der Waals surface area (Å²) in [4.78, 5) is 39.4. The monoisotopic (exact) mass is 556 g/mol. The molecule has 40 heavy (non-hydrogen) atoms. The van der Waals surface area contributed by atoms with E-state index in [1.165, 1.54) is 32.1 Å². The van der Waals surface area contributed by atoms with Crippen LogP contribution in [0.5, 0.6) is 0 Å². The fourth-order valence-electron chi connectivity index (χ4n) is 12.0. The molecular weight excluding hydrogens is 508 g/mol. The quantitative estimate of drug-likeness (QED) is 0.209. The Morgan fingerprint density at radius 3 is 1.95 bits per heavy atom. The number of carboxylic acid groups (broad SMARTS) is 1. The molecule has 6 bridgehead atoms. The van der Waals surface area contributed by atoms with Gasteiger partial charge < -0.3 is 19.3 Å². The van der Waals surface area contributed by atoms with E-state index < -0.39 is 34.5 Å². The lowest BCUT2D eigenvalue weighted by Crippen LogP contribution is -2.47. The zero-order valence-corrected chi connectivity index (χ0v) is 24.9. The Morgan fingerprint density at radius 2 is 1.35 bits per heavy atom. The third-order valence-corrected chi connectivity index (χ3v) is 13.4. The van der Waals surface area contributed by atoms with Crippen molar-refractivity contribution in [2.24, 2.45) is 75.4 Å². The lowest BCUT2D eigenvalue weighted by atomic mass is 9.59. The number of aliphatic carboxylic acids is 1. The molecule has 0 aromatic carbocycles. The zero-order valence-electron chi connectivity index (χ0n) is 24.9. The highest BCUT2D eigenvalue weighted by Crippen LogP contribution is 2.76. The summed E-state index contributed by atoms with van der Waals surface area (Å²) < 4.78 is 17.1. The number of carboxylic acids is 1. The molecule has 1 saturated heterocycles. The molecule has 0 spiro atoms. The maximum Gasteiger partial charge on any atom is 0.314 e. The number of esters is 2. The summed E-state index contributed by atoms with van der Waals surface area (Å²) in [6.07, 6.45) is 8.21. The van der Waals surface area contributed by atoms with Gasteiger partial charge in [-0.1, -0.05) is 6.92 Å². The normalized spacial score (nSPS) is 46.4. The first-order chi connectivity index (χ1) is 18.8. The summed E-state index contributed by atoms with van der Waals surface area (Å²) in [6, 6.07) is 0. The molecule has 0 aromatic rings. The second kappa shape index (κ2) is 8.94. The van der Waals surface area contributed by atoms with Crippen LogP contribution in [0.4, 0.5) is 0 Å². The number of hydrogen-bond acceptors (Lipinski definition) is 6. The van der Waals surface area contributed by atoms with Crippen molar-refractivity contribution in [3.63, 3.8) is 0 Å². The molecule has 6 aliphatic carbocycles. The van der Waals surface area contributed by atoms with Crippen molar-refractivity contribution in [3.05, 3.63) is 0 Å². The molecule has 0 radical (unpaired) electrons. The predicted octanol–water partition coefficient (Wildman–Crippen LogP) is 5.70. The van der Waals surface area contributed by atoms with Gasteiger partial charge in [0.15, 0.2) is 0 Å². The van der Waals surface area contributed by atoms with Gasteiger partial charge in [-0.05, 0) is 145 Å². The minimum Gasteiger partial charge on any atom is -0.481 e. The fraction of sp³-hybridized carbons (Fsp3) is 0.909. The van der Waals surface area contributed by atoms with Gasteiger partial charge in [0.25, 0.3) is 0 Å². The number of carbonyl (C=O) groups excluding carboxylic acids is 2. The average Bonchev–Trinajstić information content (AvgIpc) is 3.44. The predicted molar refractivity (Wildman–Crippen MR) is 145 cm³/mol. The van der Waals surface area contributed by atoms with E-state index in [0.717, 1.165) is 53.8 Å². The van der Waals surface area contributed by atoms with E-state index in [1.54, 1.807) is 20.8 Å². The molecule has 14 unspecified atom stereocenters. The zero-order chi connectivity index (χ0) is 28.4. The second-order valence-corrected chi connectivity index (χ2v) is 16.2. The van der Waals surface area contributed by atoms with Gasteiger partial charge in [-0.2, -0.15) is 0 Å². The molecule has 1 N–H and O–H groups in total. The van der Waals surface area contributed by atoms with E-state index >= 15 is 0 Å². The van der Waals surface area contributed by atoms with Crippen molar-refractivity contribution < 1.29 is 33.7 Å². The highest BCUT2D eigenvalue weighted by molar-refractivity contribution is 5.82. The van der Waals surface area contributed by atoms with E-state index in [9.17, 15) is 19.5 Å². The van der Waals surface area contributed by atoms with Crippen LogP contribution in [0.1, 0.15) is 92.4 Å². The van der Waals surface area contributed by atoms with Gasteiger partial charge in [-0.3, -0.25) is 14.4 Å². The fourth-order valence-corrected chi connectivity index (χ4v) is 12.0. The van der Waals surface area contributed by atoms with Crippen LogP contribution in [-0.4, -0.2) is 42.0 Å². The Hall–Kier alpha value is -1.63. The van der Waals surface area contributed by atoms with E-state index in [1.807, 2.05) is 13.8 Å². The molecule has 7 heteroatoms. The van der Waals surface area contributed by atoms with E-state index in [-0.39, 0.29) is 24.9 Å². The first-order valence-corrected chi connectivity index (χ1v) is 16.1. The molecule has 0 aromatic heterocycles. The highest BCUT2D eigenvalue weighted by Gasteiger charge is 2.72. The molecule has 14 atom stereocenters. The number of ether oxygens (including phenoxy) is 3. The topological polar surface area (TPSA) is 102 Å². The molecular formula is C33H48O7. The van der Waals surface area contributed by atoms with Gasteiger partial charge in [0.05, 0.1) is 16.2 Å². The van der Waals surface area contributed by atoms with Crippen LogP contribution in [0.15, 0.2) is 0 Å². The van der Waals surface area contributed by atoms with Crippen LogP contribution >= 0.6 is 0 Å². The third-order valence-electron chi connectivity index (χ3n) is 13.4. The summed E-state index contributed by atoms with van der Waals surface area (Å²) in [5.74, 6) is 6.78. The second-order valence-electron chi connectivity index (χ2n) is 16.2. The maximum absolute atomic E-state index is 14.0. The van der Waals surface area contributed by atoms with Crippen LogP contribution in [0.25, 0.3) is 0 Å². The van der Waals surface area contributed by atoms with Crippen molar-refractivity contribution in [3.8, 4) is 0 Å². The van der Waals surface area contributed by atoms with Crippen molar-refractivity contribution >= 4 is 17.9 Å². The Labute approximate surface area is 238 Å². The number of fused-ring (bicyclic) bond motifs is 16. The lowest BCUT2D eigenvalue weighted by Gasteiger charge is -2.47. The summed E-state index contributed by atoms with van der Waals surface area (Å²) >= 11 is 0. The molecule has 7 aliphatic rings. The third kappa shape index (κ3) is 3.95. The minimum absolute atomic E-state index is 0.0189. The van der Waals surface area contributed by atoms with Crippen molar-refractivity contribution in [1.29, 1.82) is 0 Å². The van der Waals surface area contributed by atoms with Gasteiger partial charge in [0.2, 0.25) is 6.29 Å². The molecule has 1 heterocycles. The minimum atomic E-state index is -1.17. The number of hydrogen-bond donors (Lipinski definition) is 1. The molecule has 0 amide bonds. The van der Waals surface area contributed by atoms with E-state index in [4.69, 9.17) is 14.2 Å². The highest BCUT2D eigenvalue weighted by atomic mass is 16.8.